The zero-order valence-electron chi connectivity index (χ0n) is 21.7. The first-order valence-electron chi connectivity index (χ1n) is 13.0. The van der Waals surface area contributed by atoms with Gasteiger partial charge in [-0.1, -0.05) is 51.2 Å². The Kier molecular flexibility index (Phi) is 9.46. The number of nitrogens with zero attached hydrogens (tertiary/aromatic N) is 1. The van der Waals surface area contributed by atoms with Gasteiger partial charge in [-0.3, -0.25) is 0 Å². The molecule has 0 unspecified atom stereocenters. The smallest absolute Gasteiger partial charge is 0.119 e. The van der Waals surface area contributed by atoms with Gasteiger partial charge in [-0.15, -0.1) is 11.3 Å². The number of ether oxygens (including phenoxy) is 2. The van der Waals surface area contributed by atoms with E-state index in [0.29, 0.717) is 0 Å². The number of thiophene rings is 1. The van der Waals surface area contributed by atoms with E-state index in [0.717, 1.165) is 35.0 Å². The Morgan fingerprint density at radius 1 is 0.611 bits per heavy atom. The lowest BCUT2D eigenvalue weighted by atomic mass is 10.0. The number of methoxy groups -OCH3 is 2. The Balaban J connectivity index is 1.55. The molecular formula is C32H37NO2S. The summed E-state index contributed by atoms with van der Waals surface area (Å²) in [5, 5.41) is 2.23. The number of hydrogen-bond acceptors (Lipinski definition) is 4. The van der Waals surface area contributed by atoms with E-state index in [2.05, 4.69) is 71.8 Å². The molecule has 1 aromatic heterocycles. The van der Waals surface area contributed by atoms with Crippen LogP contribution in [-0.4, -0.2) is 14.2 Å². The van der Waals surface area contributed by atoms with Crippen molar-refractivity contribution in [3.63, 3.8) is 0 Å². The summed E-state index contributed by atoms with van der Waals surface area (Å²) in [5.41, 5.74) is 6.04. The Labute approximate surface area is 220 Å². The van der Waals surface area contributed by atoms with Crippen LogP contribution in [0.3, 0.4) is 0 Å². The van der Waals surface area contributed by atoms with Crippen molar-refractivity contribution in [1.82, 2.24) is 0 Å². The van der Waals surface area contributed by atoms with Crippen molar-refractivity contribution in [2.45, 2.75) is 51.9 Å². The number of aryl methyl sites for hydroxylation is 1. The summed E-state index contributed by atoms with van der Waals surface area (Å²) < 4.78 is 10.8. The quantitative estimate of drug-likeness (QED) is 0.171. The van der Waals surface area contributed by atoms with Gasteiger partial charge in [0, 0.05) is 21.9 Å². The fraction of sp³-hybridized carbons (Fsp3) is 0.312. The van der Waals surface area contributed by atoms with Crippen LogP contribution in [0.2, 0.25) is 0 Å². The van der Waals surface area contributed by atoms with E-state index >= 15 is 0 Å². The van der Waals surface area contributed by atoms with Crippen LogP contribution in [0.4, 0.5) is 17.1 Å². The molecule has 188 valence electrons. The van der Waals surface area contributed by atoms with Gasteiger partial charge in [0.1, 0.15) is 11.5 Å². The second-order valence-electron chi connectivity index (χ2n) is 9.07. The minimum atomic E-state index is 0.847. The molecule has 0 saturated carbocycles. The molecule has 0 spiro atoms. The summed E-state index contributed by atoms with van der Waals surface area (Å²) in [6, 6.07) is 27.6. The number of anilines is 3. The molecule has 3 nitrogen and oxygen atoms in total. The first kappa shape index (κ1) is 25.8. The standard InChI is InChI=1S/C32H37NO2S/c1-4-5-6-7-8-9-10-25-23-24-36-32(25)26-11-13-27(14-12-26)33(28-15-19-30(34-2)20-16-28)29-17-21-31(35-3)22-18-29/h11-24H,4-10H2,1-3H3. The highest BCUT2D eigenvalue weighted by Crippen LogP contribution is 2.38. The molecule has 4 heteroatoms. The fourth-order valence-corrected chi connectivity index (χ4v) is 5.52. The highest BCUT2D eigenvalue weighted by atomic mass is 32.1. The van der Waals surface area contributed by atoms with Crippen LogP contribution in [0.15, 0.2) is 84.2 Å². The lowest BCUT2D eigenvalue weighted by molar-refractivity contribution is 0.415. The van der Waals surface area contributed by atoms with Crippen LogP contribution in [-0.2, 0) is 6.42 Å². The van der Waals surface area contributed by atoms with Crippen LogP contribution >= 0.6 is 11.3 Å². The number of hydrogen-bond donors (Lipinski definition) is 0. The van der Waals surface area contributed by atoms with Gasteiger partial charge in [0.2, 0.25) is 0 Å². The van der Waals surface area contributed by atoms with Crippen LogP contribution in [0.25, 0.3) is 10.4 Å². The second-order valence-corrected chi connectivity index (χ2v) is 9.99. The Hall–Kier alpha value is -3.24. The first-order valence-corrected chi connectivity index (χ1v) is 13.9. The molecule has 4 rings (SSSR count). The number of rotatable bonds is 13. The average Bonchev–Trinajstić information content (AvgIpc) is 3.40. The molecule has 0 saturated heterocycles. The van der Waals surface area contributed by atoms with E-state index < -0.39 is 0 Å². The molecule has 0 fully saturated rings. The van der Waals surface area contributed by atoms with Crippen molar-refractivity contribution in [3.8, 4) is 21.9 Å². The van der Waals surface area contributed by atoms with Gasteiger partial charge < -0.3 is 14.4 Å². The Morgan fingerprint density at radius 2 is 1.11 bits per heavy atom. The predicted molar refractivity (Wildman–Crippen MR) is 155 cm³/mol. The van der Waals surface area contributed by atoms with E-state index in [4.69, 9.17) is 9.47 Å². The van der Waals surface area contributed by atoms with Crippen LogP contribution in [0.1, 0.15) is 51.0 Å². The third-order valence-corrected chi connectivity index (χ3v) is 7.60. The van der Waals surface area contributed by atoms with Crippen molar-refractivity contribution in [2.75, 3.05) is 19.1 Å². The highest BCUT2D eigenvalue weighted by molar-refractivity contribution is 7.13. The van der Waals surface area contributed by atoms with Crippen molar-refractivity contribution < 1.29 is 9.47 Å². The van der Waals surface area contributed by atoms with E-state index in [1.807, 2.05) is 35.6 Å². The summed E-state index contributed by atoms with van der Waals surface area (Å²) >= 11 is 1.85. The van der Waals surface area contributed by atoms with Gasteiger partial charge in [-0.2, -0.15) is 0 Å². The molecule has 0 aliphatic carbocycles. The maximum Gasteiger partial charge on any atom is 0.119 e. The van der Waals surface area contributed by atoms with Gasteiger partial charge in [-0.25, -0.2) is 0 Å². The molecule has 0 amide bonds. The molecular weight excluding hydrogens is 462 g/mol. The van der Waals surface area contributed by atoms with Gasteiger partial charge in [-0.05, 0) is 96.1 Å². The van der Waals surface area contributed by atoms with Crippen LogP contribution in [0.5, 0.6) is 11.5 Å². The Morgan fingerprint density at radius 3 is 1.64 bits per heavy atom. The van der Waals surface area contributed by atoms with Crippen molar-refractivity contribution in [1.29, 1.82) is 0 Å². The molecule has 0 aliphatic heterocycles. The molecule has 1 heterocycles. The van der Waals surface area contributed by atoms with Crippen LogP contribution in [0, 0.1) is 0 Å². The van der Waals surface area contributed by atoms with Crippen molar-refractivity contribution >= 4 is 28.4 Å². The summed E-state index contributed by atoms with van der Waals surface area (Å²) in [4.78, 5) is 3.66. The molecule has 4 aromatic rings. The lowest BCUT2D eigenvalue weighted by Crippen LogP contribution is -2.09. The van der Waals surface area contributed by atoms with Crippen LogP contribution < -0.4 is 14.4 Å². The summed E-state index contributed by atoms with van der Waals surface area (Å²) in [5.74, 6) is 1.69. The average molecular weight is 500 g/mol. The summed E-state index contributed by atoms with van der Waals surface area (Å²) in [6.45, 7) is 2.27. The predicted octanol–water partition coefficient (Wildman–Crippen LogP) is 9.81. The molecule has 3 aromatic carbocycles. The molecule has 0 N–H and O–H groups in total. The highest BCUT2D eigenvalue weighted by Gasteiger charge is 2.14. The largest absolute Gasteiger partial charge is 0.497 e. The van der Waals surface area contributed by atoms with E-state index in [9.17, 15) is 0 Å². The molecule has 0 atom stereocenters. The topological polar surface area (TPSA) is 21.7 Å². The molecule has 0 bridgehead atoms. The zero-order chi connectivity index (χ0) is 25.2. The normalized spacial score (nSPS) is 10.9. The fourth-order valence-electron chi connectivity index (χ4n) is 4.55. The SMILES string of the molecule is CCCCCCCCc1ccsc1-c1ccc(N(c2ccc(OC)cc2)c2ccc(OC)cc2)cc1. The van der Waals surface area contributed by atoms with Gasteiger partial charge >= 0.3 is 0 Å². The zero-order valence-corrected chi connectivity index (χ0v) is 22.5. The van der Waals surface area contributed by atoms with E-state index in [1.165, 1.54) is 54.5 Å². The maximum absolute atomic E-state index is 5.38. The van der Waals surface area contributed by atoms with E-state index in [1.54, 1.807) is 14.2 Å². The summed E-state index contributed by atoms with van der Waals surface area (Å²) in [7, 11) is 3.39. The lowest BCUT2D eigenvalue weighted by Gasteiger charge is -2.26. The summed E-state index contributed by atoms with van der Waals surface area (Å²) in [6.07, 6.45) is 9.15. The second kappa shape index (κ2) is 13.2. The number of unbranched alkanes of at least 4 members (excludes halogenated alkanes) is 5. The monoisotopic (exact) mass is 499 g/mol. The first-order chi connectivity index (χ1) is 17.7. The molecule has 0 aliphatic rings. The van der Waals surface area contributed by atoms with Gasteiger partial charge in [0.15, 0.2) is 0 Å². The Bertz CT molecular complexity index is 1130. The number of benzene rings is 3. The third kappa shape index (κ3) is 6.50. The molecule has 36 heavy (non-hydrogen) atoms. The maximum atomic E-state index is 5.38. The third-order valence-electron chi connectivity index (χ3n) is 6.60. The van der Waals surface area contributed by atoms with Crippen molar-refractivity contribution in [2.24, 2.45) is 0 Å². The van der Waals surface area contributed by atoms with E-state index in [-0.39, 0.29) is 0 Å². The van der Waals surface area contributed by atoms with Gasteiger partial charge in [0.05, 0.1) is 14.2 Å². The van der Waals surface area contributed by atoms with Crippen molar-refractivity contribution in [3.05, 3.63) is 89.8 Å². The minimum absolute atomic E-state index is 0.847. The van der Waals surface area contributed by atoms with Gasteiger partial charge in [0.25, 0.3) is 0 Å². The minimum Gasteiger partial charge on any atom is -0.497 e. The molecule has 0 radical (unpaired) electrons.